The summed E-state index contributed by atoms with van der Waals surface area (Å²) >= 11 is 3.96. The molecule has 1 N–H and O–H groups in total. The molecule has 8 heavy (non-hydrogen) atoms. The average molecular weight is 131 g/mol. The molecule has 0 unspecified atom stereocenters. The lowest BCUT2D eigenvalue weighted by Crippen LogP contribution is -1.99. The van der Waals surface area contributed by atoms with E-state index >= 15 is 0 Å². The molecule has 0 saturated heterocycles. The van der Waals surface area contributed by atoms with Gasteiger partial charge in [-0.05, 0) is 12.1 Å². The molecule has 1 nitrogen and oxygen atoms in total. The number of allylic oxidation sites excluding steroid dienone is 1. The van der Waals surface area contributed by atoms with E-state index in [1.807, 2.05) is 6.20 Å². The van der Waals surface area contributed by atoms with Crippen molar-refractivity contribution in [3.63, 3.8) is 0 Å². The van der Waals surface area contributed by atoms with Crippen molar-refractivity contribution in [2.24, 2.45) is 5.92 Å². The van der Waals surface area contributed by atoms with Gasteiger partial charge in [-0.1, -0.05) is 19.9 Å². The molecule has 0 aliphatic carbocycles. The fourth-order valence-corrected chi connectivity index (χ4v) is 0.419. The predicted molar refractivity (Wildman–Crippen MR) is 41.0 cm³/mol. The first-order valence-corrected chi connectivity index (χ1v) is 3.41. The van der Waals surface area contributed by atoms with Gasteiger partial charge in [0.2, 0.25) is 0 Å². The van der Waals surface area contributed by atoms with E-state index in [1.165, 1.54) is 0 Å². The van der Waals surface area contributed by atoms with Crippen molar-refractivity contribution < 1.29 is 0 Å². The van der Waals surface area contributed by atoms with Gasteiger partial charge in [-0.15, -0.1) is 0 Å². The van der Waals surface area contributed by atoms with E-state index in [2.05, 4.69) is 37.9 Å². The van der Waals surface area contributed by atoms with Gasteiger partial charge >= 0.3 is 0 Å². The van der Waals surface area contributed by atoms with Gasteiger partial charge in [0.05, 0.1) is 5.88 Å². The highest BCUT2D eigenvalue weighted by molar-refractivity contribution is 7.80. The minimum atomic E-state index is 0.627. The van der Waals surface area contributed by atoms with Gasteiger partial charge in [0.25, 0.3) is 0 Å². The van der Waals surface area contributed by atoms with Crippen LogP contribution in [0, 0.1) is 5.92 Å². The molecule has 48 valence electrons. The third-order valence-electron chi connectivity index (χ3n) is 0.690. The maximum Gasteiger partial charge on any atom is 0.0575 e. The number of hydrogen-bond donors (Lipinski definition) is 2. The van der Waals surface area contributed by atoms with Gasteiger partial charge in [0, 0.05) is 0 Å². The Kier molecular flexibility index (Phi) is 4.97. The summed E-state index contributed by atoms with van der Waals surface area (Å²) in [6.45, 7) is 4.27. The molecule has 0 aromatic carbocycles. The normalized spacial score (nSPS) is 11.0. The van der Waals surface area contributed by atoms with E-state index < -0.39 is 0 Å². The zero-order valence-electron chi connectivity index (χ0n) is 5.39. The SMILES string of the molecule is CC(C)/C=C\NCS. The van der Waals surface area contributed by atoms with Crippen molar-refractivity contribution in [2.45, 2.75) is 13.8 Å². The lowest BCUT2D eigenvalue weighted by atomic mass is 10.2. The van der Waals surface area contributed by atoms with E-state index in [4.69, 9.17) is 0 Å². The molecule has 0 aliphatic rings. The molecule has 0 radical (unpaired) electrons. The largest absolute Gasteiger partial charge is 0.382 e. The molecule has 0 saturated carbocycles. The minimum absolute atomic E-state index is 0.627. The lowest BCUT2D eigenvalue weighted by molar-refractivity contribution is 0.820. The summed E-state index contributed by atoms with van der Waals surface area (Å²) in [5.41, 5.74) is 0. The van der Waals surface area contributed by atoms with E-state index in [0.717, 1.165) is 0 Å². The Morgan fingerprint density at radius 3 is 2.62 bits per heavy atom. The zero-order chi connectivity index (χ0) is 6.41. The molecule has 0 bridgehead atoms. The second-order valence-electron chi connectivity index (χ2n) is 1.97. The maximum atomic E-state index is 3.96. The topological polar surface area (TPSA) is 12.0 Å². The number of thiol groups is 1. The zero-order valence-corrected chi connectivity index (χ0v) is 6.28. The molecule has 0 heterocycles. The van der Waals surface area contributed by atoms with Crippen molar-refractivity contribution in [3.05, 3.63) is 12.3 Å². The van der Waals surface area contributed by atoms with Gasteiger partial charge in [0.1, 0.15) is 0 Å². The molecule has 0 spiro atoms. The molecule has 0 aliphatic heterocycles. The molecule has 0 aromatic rings. The van der Waals surface area contributed by atoms with Crippen LogP contribution in [0.4, 0.5) is 0 Å². The highest BCUT2D eigenvalue weighted by Gasteiger charge is 1.79. The summed E-state index contributed by atoms with van der Waals surface area (Å²) in [5, 5.41) is 2.96. The van der Waals surface area contributed by atoms with E-state index in [-0.39, 0.29) is 0 Å². The van der Waals surface area contributed by atoms with Crippen LogP contribution in [0.5, 0.6) is 0 Å². The predicted octanol–water partition coefficient (Wildman–Crippen LogP) is 1.63. The summed E-state index contributed by atoms with van der Waals surface area (Å²) < 4.78 is 0. The molecule has 0 amide bonds. The summed E-state index contributed by atoms with van der Waals surface area (Å²) in [6.07, 6.45) is 4.02. The van der Waals surface area contributed by atoms with Crippen LogP contribution in [0.3, 0.4) is 0 Å². The number of nitrogens with one attached hydrogen (secondary N) is 1. The van der Waals surface area contributed by atoms with Gasteiger partial charge < -0.3 is 5.32 Å². The highest BCUT2D eigenvalue weighted by Crippen LogP contribution is 1.90. The van der Waals surface area contributed by atoms with Crippen molar-refractivity contribution in [3.8, 4) is 0 Å². The summed E-state index contributed by atoms with van der Waals surface area (Å²) in [4.78, 5) is 0. The van der Waals surface area contributed by atoms with Crippen molar-refractivity contribution in [1.29, 1.82) is 0 Å². The first-order valence-electron chi connectivity index (χ1n) is 2.78. The van der Waals surface area contributed by atoms with E-state index in [9.17, 15) is 0 Å². The van der Waals surface area contributed by atoms with Crippen LogP contribution in [0.2, 0.25) is 0 Å². The summed E-state index contributed by atoms with van der Waals surface area (Å²) in [6, 6.07) is 0. The van der Waals surface area contributed by atoms with Crippen LogP contribution in [0.1, 0.15) is 13.8 Å². The quantitative estimate of drug-likeness (QED) is 0.438. The third kappa shape index (κ3) is 5.89. The molecule has 0 rings (SSSR count). The van der Waals surface area contributed by atoms with Crippen molar-refractivity contribution >= 4 is 12.6 Å². The molecule has 0 atom stereocenters. The smallest absolute Gasteiger partial charge is 0.0575 e. The third-order valence-corrected chi connectivity index (χ3v) is 0.873. The standard InChI is InChI=1S/C6H13NS/c1-6(2)3-4-7-5-8/h3-4,6-8H,5H2,1-2H3/b4-3-. The van der Waals surface area contributed by atoms with Crippen LogP contribution < -0.4 is 5.32 Å². The van der Waals surface area contributed by atoms with Gasteiger partial charge in [-0.3, -0.25) is 0 Å². The van der Waals surface area contributed by atoms with E-state index in [0.29, 0.717) is 11.8 Å². The molecule has 0 aromatic heterocycles. The van der Waals surface area contributed by atoms with Crippen LogP contribution in [0.25, 0.3) is 0 Å². The van der Waals surface area contributed by atoms with Crippen LogP contribution in [-0.2, 0) is 0 Å². The highest BCUT2D eigenvalue weighted by atomic mass is 32.1. The lowest BCUT2D eigenvalue weighted by Gasteiger charge is -1.93. The minimum Gasteiger partial charge on any atom is -0.382 e. The fraction of sp³-hybridized carbons (Fsp3) is 0.667. The second-order valence-corrected chi connectivity index (χ2v) is 2.28. The molecule has 2 heteroatoms. The Balaban J connectivity index is 3.07. The van der Waals surface area contributed by atoms with Crippen molar-refractivity contribution in [1.82, 2.24) is 5.32 Å². The Morgan fingerprint density at radius 2 is 2.25 bits per heavy atom. The van der Waals surface area contributed by atoms with Crippen LogP contribution in [0.15, 0.2) is 12.3 Å². The molecular weight excluding hydrogens is 118 g/mol. The molecular formula is C6H13NS. The summed E-state index contributed by atoms with van der Waals surface area (Å²) in [5.74, 6) is 1.34. The van der Waals surface area contributed by atoms with Gasteiger partial charge in [-0.25, -0.2) is 0 Å². The van der Waals surface area contributed by atoms with Crippen LogP contribution in [-0.4, -0.2) is 5.88 Å². The van der Waals surface area contributed by atoms with Crippen LogP contribution >= 0.6 is 12.6 Å². The maximum absolute atomic E-state index is 3.96. The first-order chi connectivity index (χ1) is 3.77. The Bertz CT molecular complexity index is 68.9. The average Bonchev–Trinajstić information content (AvgIpc) is 1.66. The monoisotopic (exact) mass is 131 g/mol. The number of hydrogen-bond acceptors (Lipinski definition) is 2. The van der Waals surface area contributed by atoms with Gasteiger partial charge in [-0.2, -0.15) is 12.6 Å². The molecule has 0 fully saturated rings. The van der Waals surface area contributed by atoms with E-state index in [1.54, 1.807) is 0 Å². The summed E-state index contributed by atoms with van der Waals surface area (Å²) in [7, 11) is 0. The fourth-order valence-electron chi connectivity index (χ4n) is 0.313. The van der Waals surface area contributed by atoms with Crippen molar-refractivity contribution in [2.75, 3.05) is 5.88 Å². The second kappa shape index (κ2) is 5.04. The first kappa shape index (κ1) is 7.89. The van der Waals surface area contributed by atoms with Gasteiger partial charge in [0.15, 0.2) is 0 Å². The number of rotatable bonds is 3. The Morgan fingerprint density at radius 1 is 1.62 bits per heavy atom. The Hall–Kier alpha value is -0.110. The Labute approximate surface area is 56.6 Å².